The van der Waals surface area contributed by atoms with Crippen molar-refractivity contribution < 1.29 is 18.5 Å². The summed E-state index contributed by atoms with van der Waals surface area (Å²) in [6, 6.07) is 15.4. The second-order valence-corrected chi connectivity index (χ2v) is 9.06. The molecular formula is C23H22IN3O4S. The minimum absolute atomic E-state index is 0.310. The van der Waals surface area contributed by atoms with E-state index in [0.717, 1.165) is 31.2 Å². The van der Waals surface area contributed by atoms with Crippen LogP contribution in [-0.2, 0) is 20.6 Å². The molecule has 0 saturated heterocycles. The van der Waals surface area contributed by atoms with Gasteiger partial charge in [-0.1, -0.05) is 18.2 Å². The molecule has 1 unspecified atom stereocenters. The van der Waals surface area contributed by atoms with Gasteiger partial charge in [-0.25, -0.2) is 4.21 Å². The van der Waals surface area contributed by atoms with Gasteiger partial charge in [0.1, 0.15) is 16.7 Å². The molecule has 0 fully saturated rings. The Morgan fingerprint density at radius 2 is 1.84 bits per heavy atom. The lowest BCUT2D eigenvalue weighted by Gasteiger charge is -2.18. The molecule has 166 valence electrons. The third-order valence-electron chi connectivity index (χ3n) is 4.69. The SMILES string of the molecule is CNC(=O)/C=C\N(C=O)c1cc(I)c(OC)c(-c2ccc3cc(NS(C)=O)ccc3c2)c1. The Morgan fingerprint density at radius 1 is 1.12 bits per heavy atom. The van der Waals surface area contributed by atoms with E-state index in [9.17, 15) is 13.8 Å². The highest BCUT2D eigenvalue weighted by Crippen LogP contribution is 2.39. The van der Waals surface area contributed by atoms with Crippen molar-refractivity contribution in [2.24, 2.45) is 0 Å². The Hall–Kier alpha value is -2.92. The molecule has 9 heteroatoms. The number of nitrogens with one attached hydrogen (secondary N) is 2. The van der Waals surface area contributed by atoms with Crippen molar-refractivity contribution in [2.45, 2.75) is 0 Å². The number of hydrogen-bond acceptors (Lipinski definition) is 4. The van der Waals surface area contributed by atoms with Gasteiger partial charge in [0.2, 0.25) is 12.3 Å². The molecule has 3 aromatic carbocycles. The van der Waals surface area contributed by atoms with Gasteiger partial charge >= 0.3 is 0 Å². The molecule has 0 radical (unpaired) electrons. The van der Waals surface area contributed by atoms with Crippen LogP contribution in [-0.4, -0.2) is 36.9 Å². The van der Waals surface area contributed by atoms with Crippen LogP contribution in [0.4, 0.5) is 11.4 Å². The molecule has 2 N–H and O–H groups in total. The zero-order chi connectivity index (χ0) is 23.3. The predicted octanol–water partition coefficient (Wildman–Crippen LogP) is 4.05. The number of amides is 2. The first kappa shape index (κ1) is 23.7. The fourth-order valence-corrected chi connectivity index (χ4v) is 4.49. The van der Waals surface area contributed by atoms with E-state index < -0.39 is 11.0 Å². The van der Waals surface area contributed by atoms with Crippen LogP contribution in [0.3, 0.4) is 0 Å². The Morgan fingerprint density at radius 3 is 2.50 bits per heavy atom. The van der Waals surface area contributed by atoms with Gasteiger partial charge in [0.15, 0.2) is 0 Å². The quantitative estimate of drug-likeness (QED) is 0.246. The van der Waals surface area contributed by atoms with E-state index in [1.54, 1.807) is 13.4 Å². The fourth-order valence-electron chi connectivity index (χ4n) is 3.21. The van der Waals surface area contributed by atoms with Gasteiger partial charge in [-0.15, -0.1) is 0 Å². The number of carbonyl (C=O) groups excluding carboxylic acids is 2. The highest BCUT2D eigenvalue weighted by atomic mass is 127. The van der Waals surface area contributed by atoms with Crippen LogP contribution >= 0.6 is 22.6 Å². The second kappa shape index (κ2) is 10.6. The molecule has 0 aliphatic carbocycles. The number of fused-ring (bicyclic) bond motifs is 1. The molecule has 1 atom stereocenters. The largest absolute Gasteiger partial charge is 0.495 e. The first-order valence-electron chi connectivity index (χ1n) is 9.51. The smallest absolute Gasteiger partial charge is 0.245 e. The molecule has 0 bridgehead atoms. The molecule has 0 aliphatic rings. The van der Waals surface area contributed by atoms with E-state index in [-0.39, 0.29) is 5.91 Å². The summed E-state index contributed by atoms with van der Waals surface area (Å²) in [6.07, 6.45) is 4.94. The third-order valence-corrected chi connectivity index (χ3v) is 6.01. The normalized spacial score (nSPS) is 11.9. The van der Waals surface area contributed by atoms with Crippen LogP contribution in [0.25, 0.3) is 21.9 Å². The Balaban J connectivity index is 2.08. The van der Waals surface area contributed by atoms with E-state index in [1.807, 2.05) is 48.5 Å². The summed E-state index contributed by atoms with van der Waals surface area (Å²) < 4.78 is 20.8. The zero-order valence-electron chi connectivity index (χ0n) is 17.7. The second-order valence-electron chi connectivity index (χ2n) is 6.78. The van der Waals surface area contributed by atoms with Crippen molar-refractivity contribution in [3.05, 3.63) is 64.4 Å². The van der Waals surface area contributed by atoms with Gasteiger partial charge in [-0.2, -0.15) is 0 Å². The van der Waals surface area contributed by atoms with Crippen molar-refractivity contribution in [1.82, 2.24) is 5.32 Å². The number of hydrogen-bond donors (Lipinski definition) is 2. The average Bonchev–Trinajstić information content (AvgIpc) is 2.78. The minimum Gasteiger partial charge on any atom is -0.495 e. The van der Waals surface area contributed by atoms with Crippen LogP contribution in [0.1, 0.15) is 0 Å². The summed E-state index contributed by atoms with van der Waals surface area (Å²) >= 11 is 2.16. The molecular weight excluding hydrogens is 541 g/mol. The third kappa shape index (κ3) is 5.46. The summed E-state index contributed by atoms with van der Waals surface area (Å²) in [7, 11) is 1.98. The summed E-state index contributed by atoms with van der Waals surface area (Å²) in [5.74, 6) is 0.380. The molecule has 32 heavy (non-hydrogen) atoms. The average molecular weight is 563 g/mol. The van der Waals surface area contributed by atoms with Crippen molar-refractivity contribution in [3.8, 4) is 16.9 Å². The Bertz CT molecular complexity index is 1230. The zero-order valence-corrected chi connectivity index (χ0v) is 20.7. The maximum atomic E-state index is 11.7. The van der Waals surface area contributed by atoms with Crippen LogP contribution < -0.4 is 19.7 Å². The first-order valence-corrected chi connectivity index (χ1v) is 12.1. The van der Waals surface area contributed by atoms with Crippen LogP contribution in [0.5, 0.6) is 5.75 Å². The number of ether oxygens (including phenoxy) is 1. The van der Waals surface area contributed by atoms with Gasteiger partial charge in [0, 0.05) is 42.5 Å². The maximum absolute atomic E-state index is 11.7. The summed E-state index contributed by atoms with van der Waals surface area (Å²) in [5, 5.41) is 4.48. The minimum atomic E-state index is -1.15. The summed E-state index contributed by atoms with van der Waals surface area (Å²) in [5.41, 5.74) is 3.11. The van der Waals surface area contributed by atoms with Gasteiger partial charge < -0.3 is 14.8 Å². The number of rotatable bonds is 8. The Kier molecular flexibility index (Phi) is 7.86. The lowest BCUT2D eigenvalue weighted by Crippen LogP contribution is -2.18. The number of methoxy groups -OCH3 is 1. The van der Waals surface area contributed by atoms with E-state index >= 15 is 0 Å². The van der Waals surface area contributed by atoms with Crippen molar-refractivity contribution in [1.29, 1.82) is 0 Å². The lowest BCUT2D eigenvalue weighted by molar-refractivity contribution is -0.116. The molecule has 0 aliphatic heterocycles. The van der Waals surface area contributed by atoms with Gasteiger partial charge in [-0.3, -0.25) is 14.5 Å². The number of halogens is 1. The fraction of sp³-hybridized carbons (Fsp3) is 0.130. The van der Waals surface area contributed by atoms with Gasteiger partial charge in [0.25, 0.3) is 0 Å². The lowest BCUT2D eigenvalue weighted by atomic mass is 9.99. The molecule has 0 saturated carbocycles. The van der Waals surface area contributed by atoms with Crippen molar-refractivity contribution in [2.75, 3.05) is 30.0 Å². The van der Waals surface area contributed by atoms with Crippen LogP contribution in [0, 0.1) is 3.57 Å². The standard InChI is InChI=1S/C23H22IN3O4S/c1-25-22(29)8-9-27(14-28)19-12-20(23(31-2)21(24)13-19)17-5-4-16-11-18(26-32(3)30)7-6-15(16)10-17/h4-14,26H,1-3H3,(H,25,29)/b9-8-. The molecule has 0 spiro atoms. The number of nitrogens with zero attached hydrogens (tertiary/aromatic N) is 1. The summed E-state index contributed by atoms with van der Waals surface area (Å²) in [6.45, 7) is 0. The molecule has 3 rings (SSSR count). The van der Waals surface area contributed by atoms with Crippen LogP contribution in [0.2, 0.25) is 0 Å². The van der Waals surface area contributed by atoms with Gasteiger partial charge in [-0.05, 0) is 69.3 Å². The van der Waals surface area contributed by atoms with Crippen LogP contribution in [0.15, 0.2) is 60.8 Å². The van der Waals surface area contributed by atoms with E-state index in [2.05, 4.69) is 32.6 Å². The first-order chi connectivity index (χ1) is 15.4. The number of anilines is 2. The maximum Gasteiger partial charge on any atom is 0.245 e. The molecule has 0 heterocycles. The predicted molar refractivity (Wildman–Crippen MR) is 138 cm³/mol. The molecule has 0 aromatic heterocycles. The monoisotopic (exact) mass is 563 g/mol. The van der Waals surface area contributed by atoms with E-state index in [0.29, 0.717) is 17.8 Å². The van der Waals surface area contributed by atoms with Crippen molar-refractivity contribution in [3.63, 3.8) is 0 Å². The molecule has 7 nitrogen and oxygen atoms in total. The Labute approximate surface area is 202 Å². The molecule has 3 aromatic rings. The van der Waals surface area contributed by atoms with E-state index in [4.69, 9.17) is 4.74 Å². The molecule has 2 amide bonds. The summed E-state index contributed by atoms with van der Waals surface area (Å²) in [4.78, 5) is 24.6. The number of benzene rings is 3. The number of carbonyl (C=O) groups is 2. The number of likely N-dealkylation sites (N-methyl/N-ethyl adjacent to an activating group) is 1. The highest BCUT2D eigenvalue weighted by Gasteiger charge is 2.15. The van der Waals surface area contributed by atoms with E-state index in [1.165, 1.54) is 24.2 Å². The van der Waals surface area contributed by atoms with Gasteiger partial charge in [0.05, 0.1) is 10.7 Å². The van der Waals surface area contributed by atoms with Crippen molar-refractivity contribution >= 4 is 68.0 Å². The topological polar surface area (TPSA) is 87.7 Å². The highest BCUT2D eigenvalue weighted by molar-refractivity contribution is 14.1.